The second kappa shape index (κ2) is 5.12. The molecule has 21 heavy (non-hydrogen) atoms. The summed E-state index contributed by atoms with van der Waals surface area (Å²) in [7, 11) is -0.541. The fraction of sp³-hybridized carbons (Fsp3) is 0.462. The summed E-state index contributed by atoms with van der Waals surface area (Å²) in [5.74, 6) is 1.66. The minimum absolute atomic E-state index is 0.445. The summed E-state index contributed by atoms with van der Waals surface area (Å²) in [6, 6.07) is 1.21. The second-order valence-corrected chi connectivity index (χ2v) is 5.89. The molecule has 1 saturated heterocycles. The van der Waals surface area contributed by atoms with Crippen LogP contribution in [-0.2, 0) is 9.31 Å². The van der Waals surface area contributed by atoms with Crippen LogP contribution in [0.25, 0.3) is 6.08 Å². The molecule has 1 aromatic rings. The molecule has 0 unspecified atom stereocenters. The summed E-state index contributed by atoms with van der Waals surface area (Å²) in [6.07, 6.45) is 3.02. The maximum atomic E-state index is 11.3. The molecule has 0 radical (unpaired) electrons. The van der Waals surface area contributed by atoms with Crippen LogP contribution in [0.2, 0.25) is 0 Å². The first kappa shape index (κ1) is 15.5. The van der Waals surface area contributed by atoms with Gasteiger partial charge in [-0.2, -0.15) is 0 Å². The predicted molar refractivity (Wildman–Crippen MR) is 78.8 cm³/mol. The third kappa shape index (κ3) is 3.06. The zero-order valence-corrected chi connectivity index (χ0v) is 12.4. The predicted octanol–water partition coefficient (Wildman–Crippen LogP) is 1.93. The lowest BCUT2D eigenvalue weighted by Crippen LogP contribution is -2.41. The van der Waals surface area contributed by atoms with Crippen LogP contribution in [0.3, 0.4) is 0 Å². The fourth-order valence-electron chi connectivity index (χ4n) is 1.88. The number of aromatic nitrogens is 1. The van der Waals surface area contributed by atoms with Gasteiger partial charge in [-0.1, -0.05) is 12.1 Å². The highest BCUT2D eigenvalue weighted by Crippen LogP contribution is 2.36. The van der Waals surface area contributed by atoms with Gasteiger partial charge < -0.3 is 14.3 Å². The van der Waals surface area contributed by atoms with Crippen LogP contribution in [-0.4, -0.2) is 28.2 Å². The van der Waals surface area contributed by atoms with Gasteiger partial charge in [0.15, 0.2) is 0 Å². The fourth-order valence-corrected chi connectivity index (χ4v) is 1.88. The molecule has 1 aliphatic rings. The number of pyridine rings is 1. The third-order valence-electron chi connectivity index (χ3n) is 3.82. The number of hydrogen-bond donors (Lipinski definition) is 1. The van der Waals surface area contributed by atoms with Gasteiger partial charge in [-0.3, -0.25) is 14.9 Å². The van der Waals surface area contributed by atoms with Crippen molar-refractivity contribution in [3.63, 3.8) is 0 Å². The Labute approximate surface area is 122 Å². The van der Waals surface area contributed by atoms with E-state index in [4.69, 9.17) is 9.31 Å². The zero-order valence-electron chi connectivity index (χ0n) is 12.4. The molecule has 0 atom stereocenters. The first-order valence-electron chi connectivity index (χ1n) is 6.53. The Morgan fingerprint density at radius 1 is 1.29 bits per heavy atom. The van der Waals surface area contributed by atoms with E-state index in [1.54, 1.807) is 12.1 Å². The Bertz CT molecular complexity index is 634. The molecule has 1 fully saturated rings. The third-order valence-corrected chi connectivity index (χ3v) is 3.82. The van der Waals surface area contributed by atoms with Crippen LogP contribution in [0.1, 0.15) is 33.3 Å². The zero-order chi connectivity index (χ0) is 15.8. The van der Waals surface area contributed by atoms with Gasteiger partial charge in [0.2, 0.25) is 0 Å². The Kier molecular flexibility index (Phi) is 3.77. The number of nitro groups is 1. The van der Waals surface area contributed by atoms with Crippen LogP contribution in [0.4, 0.5) is 5.69 Å². The van der Waals surface area contributed by atoms with Crippen LogP contribution < -0.4 is 5.56 Å². The molecule has 0 bridgehead atoms. The van der Waals surface area contributed by atoms with Gasteiger partial charge in [0, 0.05) is 12.3 Å². The van der Waals surface area contributed by atoms with E-state index in [2.05, 4.69) is 4.98 Å². The minimum atomic E-state index is -0.729. The van der Waals surface area contributed by atoms with Crippen LogP contribution in [0.15, 0.2) is 23.0 Å². The van der Waals surface area contributed by atoms with Gasteiger partial charge in [-0.15, -0.1) is 0 Å². The number of aromatic amines is 1. The van der Waals surface area contributed by atoms with Crippen molar-refractivity contribution in [1.82, 2.24) is 4.98 Å². The van der Waals surface area contributed by atoms with Gasteiger partial charge in [-0.25, -0.2) is 0 Å². The molecular formula is C13H17BN2O5. The summed E-state index contributed by atoms with van der Waals surface area (Å²) in [6.45, 7) is 7.74. The van der Waals surface area contributed by atoms with Crippen LogP contribution >= 0.6 is 0 Å². The van der Waals surface area contributed by atoms with Gasteiger partial charge in [0.1, 0.15) is 0 Å². The molecular weight excluding hydrogens is 275 g/mol. The van der Waals surface area contributed by atoms with Crippen LogP contribution in [0, 0.1) is 10.1 Å². The van der Waals surface area contributed by atoms with Crippen molar-refractivity contribution in [3.05, 3.63) is 44.3 Å². The average molecular weight is 292 g/mol. The van der Waals surface area contributed by atoms with Crippen molar-refractivity contribution in [3.8, 4) is 0 Å². The molecule has 7 nitrogen and oxygen atoms in total. The minimum Gasteiger partial charge on any atom is -0.400 e. The van der Waals surface area contributed by atoms with E-state index in [0.717, 1.165) is 0 Å². The second-order valence-electron chi connectivity index (χ2n) is 5.89. The lowest BCUT2D eigenvalue weighted by Gasteiger charge is -2.32. The molecule has 0 spiro atoms. The molecule has 1 aromatic heterocycles. The van der Waals surface area contributed by atoms with Gasteiger partial charge in [0.05, 0.1) is 16.1 Å². The molecule has 0 aromatic carbocycles. The summed E-state index contributed by atoms with van der Waals surface area (Å²) < 4.78 is 11.5. The molecule has 2 rings (SSSR count). The number of hydrogen-bond acceptors (Lipinski definition) is 5. The van der Waals surface area contributed by atoms with Crippen LogP contribution in [0.5, 0.6) is 0 Å². The van der Waals surface area contributed by atoms with Crippen molar-refractivity contribution in [2.24, 2.45) is 0 Å². The van der Waals surface area contributed by atoms with Gasteiger partial charge >= 0.3 is 18.4 Å². The molecule has 0 saturated carbocycles. The molecule has 0 amide bonds. The normalized spacial score (nSPS) is 20.1. The van der Waals surface area contributed by atoms with Gasteiger partial charge in [0.25, 0.3) is 0 Å². The van der Waals surface area contributed by atoms with E-state index in [1.807, 2.05) is 27.7 Å². The largest absolute Gasteiger partial charge is 0.487 e. The lowest BCUT2D eigenvalue weighted by atomic mass is 9.89. The Balaban J connectivity index is 2.18. The van der Waals surface area contributed by atoms with Crippen molar-refractivity contribution in [2.75, 3.05) is 0 Å². The van der Waals surface area contributed by atoms with Crippen molar-refractivity contribution >= 4 is 18.9 Å². The number of nitrogens with zero attached hydrogens (tertiary/aromatic N) is 1. The molecule has 112 valence electrons. The van der Waals surface area contributed by atoms with Crippen molar-refractivity contribution in [1.29, 1.82) is 0 Å². The molecule has 1 N–H and O–H groups in total. The monoisotopic (exact) mass is 292 g/mol. The Morgan fingerprint density at radius 3 is 2.38 bits per heavy atom. The smallest absolute Gasteiger partial charge is 0.400 e. The highest BCUT2D eigenvalue weighted by molar-refractivity contribution is 6.52. The van der Waals surface area contributed by atoms with E-state index in [1.165, 1.54) is 12.3 Å². The Hall–Kier alpha value is -1.93. The maximum Gasteiger partial charge on any atom is 0.487 e. The van der Waals surface area contributed by atoms with E-state index in [-0.39, 0.29) is 0 Å². The van der Waals surface area contributed by atoms with E-state index >= 15 is 0 Å². The van der Waals surface area contributed by atoms with Crippen molar-refractivity contribution in [2.45, 2.75) is 38.9 Å². The first-order valence-corrected chi connectivity index (χ1v) is 6.53. The summed E-state index contributed by atoms with van der Waals surface area (Å²) in [5.41, 5.74) is -1.62. The van der Waals surface area contributed by atoms with Gasteiger partial charge in [-0.05, 0) is 33.3 Å². The molecule has 1 aliphatic heterocycles. The molecule has 0 aliphatic carbocycles. The number of H-pyrrole nitrogens is 1. The standard InChI is InChI=1S/C13H17BN2O5/c1-12(2)13(3,4)21-14(20-12)6-5-9-7-10(16(18)19)11(17)15-8-9/h5-8H,1-4H3,(H,15,17)/b6-5+. The quantitative estimate of drug-likeness (QED) is 0.522. The molecule has 8 heteroatoms. The highest BCUT2D eigenvalue weighted by Gasteiger charge is 2.49. The Morgan fingerprint density at radius 2 is 1.86 bits per heavy atom. The maximum absolute atomic E-state index is 11.3. The highest BCUT2D eigenvalue weighted by atomic mass is 16.7. The van der Waals surface area contributed by atoms with E-state index < -0.39 is 34.5 Å². The number of rotatable bonds is 3. The average Bonchev–Trinajstić information content (AvgIpc) is 2.56. The van der Waals surface area contributed by atoms with E-state index in [9.17, 15) is 14.9 Å². The SMILES string of the molecule is CC1(C)OB(/C=C/c2c[nH]c(=O)c([N+](=O)[O-])c2)OC1(C)C. The summed E-state index contributed by atoms with van der Waals surface area (Å²) in [5, 5.41) is 10.7. The summed E-state index contributed by atoms with van der Waals surface area (Å²) in [4.78, 5) is 23.6. The lowest BCUT2D eigenvalue weighted by molar-refractivity contribution is -0.386. The van der Waals surface area contributed by atoms with E-state index in [0.29, 0.717) is 5.56 Å². The topological polar surface area (TPSA) is 94.5 Å². The molecule has 2 heterocycles. The van der Waals surface area contributed by atoms with Crippen molar-refractivity contribution < 1.29 is 14.2 Å². The summed E-state index contributed by atoms with van der Waals surface area (Å²) >= 11 is 0. The number of nitrogens with one attached hydrogen (secondary N) is 1. The first-order chi connectivity index (χ1) is 9.62.